The second-order valence-electron chi connectivity index (χ2n) is 6.54. The maximum absolute atomic E-state index is 11.3. The normalized spacial score (nSPS) is 22.4. The molecule has 0 bridgehead atoms. The van der Waals surface area contributed by atoms with Crippen molar-refractivity contribution in [3.63, 3.8) is 0 Å². The lowest BCUT2D eigenvalue weighted by atomic mass is 9.89. The molecule has 2 atom stereocenters. The molecule has 5 nitrogen and oxygen atoms in total. The number of hydrogen-bond donors (Lipinski definition) is 1. The highest BCUT2D eigenvalue weighted by atomic mass is 16.5. The second kappa shape index (κ2) is 8.35. The molecule has 1 heterocycles. The minimum atomic E-state index is -0.760. The van der Waals surface area contributed by atoms with E-state index in [1.165, 1.54) is 0 Å². The van der Waals surface area contributed by atoms with E-state index in [1.54, 1.807) is 0 Å². The van der Waals surface area contributed by atoms with Gasteiger partial charge in [0.1, 0.15) is 0 Å². The molecular formula is C16H28N2O3. The summed E-state index contributed by atoms with van der Waals surface area (Å²) in [6, 6.07) is 2.31. The van der Waals surface area contributed by atoms with Crippen LogP contribution < -0.4 is 0 Å². The van der Waals surface area contributed by atoms with Gasteiger partial charge in [-0.25, -0.2) is 0 Å². The van der Waals surface area contributed by atoms with Crippen molar-refractivity contribution in [1.29, 1.82) is 5.26 Å². The van der Waals surface area contributed by atoms with Gasteiger partial charge in [0.05, 0.1) is 30.6 Å². The van der Waals surface area contributed by atoms with Gasteiger partial charge in [-0.2, -0.15) is 5.26 Å². The molecule has 1 saturated heterocycles. The minimum Gasteiger partial charge on any atom is -0.481 e. The third kappa shape index (κ3) is 5.64. The van der Waals surface area contributed by atoms with Crippen molar-refractivity contribution < 1.29 is 14.6 Å². The highest BCUT2D eigenvalue weighted by molar-refractivity contribution is 5.71. The molecule has 0 spiro atoms. The molecule has 0 aliphatic carbocycles. The first-order valence-corrected chi connectivity index (χ1v) is 7.87. The molecule has 0 amide bonds. The quantitative estimate of drug-likeness (QED) is 0.662. The largest absolute Gasteiger partial charge is 0.481 e. The number of rotatable bonds is 9. The van der Waals surface area contributed by atoms with Crippen LogP contribution in [0.15, 0.2) is 0 Å². The Labute approximate surface area is 127 Å². The monoisotopic (exact) mass is 296 g/mol. The summed E-state index contributed by atoms with van der Waals surface area (Å²) in [5.74, 6) is -1.17. The molecule has 1 N–H and O–H groups in total. The Bertz CT molecular complexity index is 376. The number of hydrogen-bond acceptors (Lipinski definition) is 4. The predicted octanol–water partition coefficient (Wildman–Crippen LogP) is 2.52. The first-order valence-electron chi connectivity index (χ1n) is 7.87. The summed E-state index contributed by atoms with van der Waals surface area (Å²) in [6.07, 6.45) is 3.87. The van der Waals surface area contributed by atoms with Gasteiger partial charge in [-0.15, -0.1) is 0 Å². The molecule has 2 unspecified atom stereocenters. The smallest absolute Gasteiger partial charge is 0.310 e. The van der Waals surface area contributed by atoms with Gasteiger partial charge in [0.2, 0.25) is 0 Å². The lowest BCUT2D eigenvalue weighted by molar-refractivity contribution is -0.143. The van der Waals surface area contributed by atoms with Gasteiger partial charge in [-0.1, -0.05) is 13.3 Å². The number of carboxylic acid groups (broad SMARTS) is 1. The van der Waals surface area contributed by atoms with E-state index in [4.69, 9.17) is 10.00 Å². The van der Waals surface area contributed by atoms with Gasteiger partial charge < -0.3 is 9.84 Å². The van der Waals surface area contributed by atoms with E-state index in [-0.39, 0.29) is 11.5 Å². The zero-order valence-corrected chi connectivity index (χ0v) is 13.5. The van der Waals surface area contributed by atoms with Crippen LogP contribution in [-0.2, 0) is 9.53 Å². The molecule has 0 aromatic heterocycles. The SMILES string of the molecule is CCCN(CCCCC(C)(C)C#N)C1COCC1C(=O)O. The zero-order chi connectivity index (χ0) is 15.9. The fraction of sp³-hybridized carbons (Fsp3) is 0.875. The zero-order valence-electron chi connectivity index (χ0n) is 13.5. The summed E-state index contributed by atoms with van der Waals surface area (Å²) >= 11 is 0. The Morgan fingerprint density at radius 3 is 2.67 bits per heavy atom. The van der Waals surface area contributed by atoms with Crippen molar-refractivity contribution in [1.82, 2.24) is 4.90 Å². The van der Waals surface area contributed by atoms with E-state index in [0.717, 1.165) is 38.8 Å². The van der Waals surface area contributed by atoms with Crippen molar-refractivity contribution in [2.24, 2.45) is 11.3 Å². The fourth-order valence-electron chi connectivity index (χ4n) is 2.81. The van der Waals surface area contributed by atoms with Gasteiger partial charge >= 0.3 is 5.97 Å². The first-order chi connectivity index (χ1) is 9.91. The topological polar surface area (TPSA) is 73.6 Å². The Kier molecular flexibility index (Phi) is 7.13. The number of carbonyl (C=O) groups is 1. The summed E-state index contributed by atoms with van der Waals surface area (Å²) in [7, 11) is 0. The summed E-state index contributed by atoms with van der Waals surface area (Å²) in [4.78, 5) is 13.5. The van der Waals surface area contributed by atoms with Gasteiger partial charge in [0.25, 0.3) is 0 Å². The Morgan fingerprint density at radius 1 is 1.38 bits per heavy atom. The maximum Gasteiger partial charge on any atom is 0.310 e. The van der Waals surface area contributed by atoms with Crippen LogP contribution in [0.4, 0.5) is 0 Å². The molecule has 5 heteroatoms. The first kappa shape index (κ1) is 17.9. The predicted molar refractivity (Wildman–Crippen MR) is 80.8 cm³/mol. The summed E-state index contributed by atoms with van der Waals surface area (Å²) in [6.45, 7) is 8.65. The Hall–Kier alpha value is -1.12. The highest BCUT2D eigenvalue weighted by Gasteiger charge is 2.37. The van der Waals surface area contributed by atoms with E-state index < -0.39 is 11.9 Å². The van der Waals surface area contributed by atoms with E-state index in [9.17, 15) is 9.90 Å². The molecule has 1 aliphatic rings. The lowest BCUT2D eigenvalue weighted by Gasteiger charge is -2.30. The van der Waals surface area contributed by atoms with Crippen LogP contribution in [0, 0.1) is 22.7 Å². The average Bonchev–Trinajstić information content (AvgIpc) is 2.91. The van der Waals surface area contributed by atoms with Crippen LogP contribution >= 0.6 is 0 Å². The van der Waals surface area contributed by atoms with Crippen molar-refractivity contribution in [3.8, 4) is 6.07 Å². The Balaban J connectivity index is 2.47. The number of aliphatic carboxylic acids is 1. The highest BCUT2D eigenvalue weighted by Crippen LogP contribution is 2.24. The van der Waals surface area contributed by atoms with E-state index in [2.05, 4.69) is 17.9 Å². The molecular weight excluding hydrogens is 268 g/mol. The number of carboxylic acids is 1. The van der Waals surface area contributed by atoms with Gasteiger partial charge in [0, 0.05) is 6.04 Å². The van der Waals surface area contributed by atoms with Crippen LogP contribution in [0.1, 0.15) is 46.5 Å². The fourth-order valence-corrected chi connectivity index (χ4v) is 2.81. The molecule has 0 saturated carbocycles. The molecule has 120 valence electrons. The van der Waals surface area contributed by atoms with Crippen LogP contribution in [0.25, 0.3) is 0 Å². The molecule has 1 rings (SSSR count). The minimum absolute atomic E-state index is 0.00794. The second-order valence-corrected chi connectivity index (χ2v) is 6.54. The summed E-state index contributed by atoms with van der Waals surface area (Å²) in [5.41, 5.74) is -0.268. The lowest BCUT2D eigenvalue weighted by Crippen LogP contribution is -2.44. The van der Waals surface area contributed by atoms with E-state index in [0.29, 0.717) is 13.2 Å². The number of unbranched alkanes of at least 4 members (excludes halogenated alkanes) is 1. The van der Waals surface area contributed by atoms with Gasteiger partial charge in [-0.05, 0) is 46.2 Å². The molecule has 0 aromatic rings. The molecule has 0 aromatic carbocycles. The van der Waals surface area contributed by atoms with Crippen molar-refractivity contribution in [2.75, 3.05) is 26.3 Å². The molecule has 21 heavy (non-hydrogen) atoms. The van der Waals surface area contributed by atoms with Crippen molar-refractivity contribution in [2.45, 2.75) is 52.5 Å². The van der Waals surface area contributed by atoms with Crippen molar-refractivity contribution >= 4 is 5.97 Å². The third-order valence-electron chi connectivity index (χ3n) is 4.15. The summed E-state index contributed by atoms with van der Waals surface area (Å²) in [5, 5.41) is 18.3. The standard InChI is InChI=1S/C16H28N2O3/c1-4-8-18(9-6-5-7-16(2,3)12-17)14-11-21-10-13(14)15(19)20/h13-14H,4-11H2,1-3H3,(H,19,20). The molecule has 1 fully saturated rings. The molecule has 1 aliphatic heterocycles. The van der Waals surface area contributed by atoms with E-state index in [1.807, 2.05) is 13.8 Å². The average molecular weight is 296 g/mol. The molecule has 0 radical (unpaired) electrons. The van der Waals surface area contributed by atoms with Crippen LogP contribution in [0.5, 0.6) is 0 Å². The Morgan fingerprint density at radius 2 is 2.10 bits per heavy atom. The van der Waals surface area contributed by atoms with Crippen LogP contribution in [0.3, 0.4) is 0 Å². The third-order valence-corrected chi connectivity index (χ3v) is 4.15. The summed E-state index contributed by atoms with van der Waals surface area (Å²) < 4.78 is 5.37. The van der Waals surface area contributed by atoms with Gasteiger partial charge in [0.15, 0.2) is 0 Å². The number of nitrogens with zero attached hydrogens (tertiary/aromatic N) is 2. The number of ether oxygens (including phenoxy) is 1. The van der Waals surface area contributed by atoms with Crippen LogP contribution in [-0.4, -0.2) is 48.3 Å². The maximum atomic E-state index is 11.3. The van der Waals surface area contributed by atoms with Crippen LogP contribution in [0.2, 0.25) is 0 Å². The van der Waals surface area contributed by atoms with Crippen molar-refractivity contribution in [3.05, 3.63) is 0 Å². The van der Waals surface area contributed by atoms with E-state index >= 15 is 0 Å². The van der Waals surface area contributed by atoms with Gasteiger partial charge in [-0.3, -0.25) is 9.69 Å². The number of nitriles is 1.